The second-order valence-corrected chi connectivity index (χ2v) is 8.49. The van der Waals surface area contributed by atoms with Crippen LogP contribution in [-0.4, -0.2) is 23.3 Å². The Balaban J connectivity index is 1.81. The summed E-state index contributed by atoms with van der Waals surface area (Å²) in [5.74, 6) is 0.264. The van der Waals surface area contributed by atoms with Gasteiger partial charge >= 0.3 is 0 Å². The topological polar surface area (TPSA) is 27.6 Å². The van der Waals surface area contributed by atoms with Crippen molar-refractivity contribution in [2.45, 2.75) is 39.2 Å². The average Bonchev–Trinajstić information content (AvgIpc) is 2.82. The van der Waals surface area contributed by atoms with Crippen LogP contribution in [0.1, 0.15) is 37.3 Å². The number of aliphatic imine (C=N–C) groups is 1. The molecule has 0 saturated carbocycles. The Morgan fingerprint density at radius 3 is 2.27 bits per heavy atom. The van der Waals surface area contributed by atoms with Crippen LogP contribution in [0.5, 0.6) is 0 Å². The fourth-order valence-electron chi connectivity index (χ4n) is 4.14. The largest absolute Gasteiger partial charge is 0.355 e. The maximum atomic E-state index is 13.5. The highest BCUT2D eigenvalue weighted by Gasteiger charge is 2.22. The molecule has 170 valence electrons. The third-order valence-corrected chi connectivity index (χ3v) is 6.00. The minimum absolute atomic E-state index is 0.275. The first kappa shape index (κ1) is 22.7. The SMILES string of the molecule is Cc1ccccc1C(=CC(=Nc1ccc(F)cc1)N1CCCCC1C)Nc1ccc(F)cc1. The van der Waals surface area contributed by atoms with Crippen molar-refractivity contribution in [1.29, 1.82) is 0 Å². The lowest BCUT2D eigenvalue weighted by Gasteiger charge is -2.35. The monoisotopic (exact) mass is 445 g/mol. The van der Waals surface area contributed by atoms with Gasteiger partial charge in [0.25, 0.3) is 0 Å². The van der Waals surface area contributed by atoms with Crippen LogP contribution in [-0.2, 0) is 0 Å². The molecule has 1 unspecified atom stereocenters. The van der Waals surface area contributed by atoms with E-state index in [0.717, 1.165) is 47.7 Å². The third kappa shape index (κ3) is 5.86. The van der Waals surface area contributed by atoms with E-state index in [2.05, 4.69) is 42.3 Å². The Labute approximate surface area is 194 Å². The number of halogens is 2. The number of hydrogen-bond acceptors (Lipinski definition) is 2. The van der Waals surface area contributed by atoms with E-state index in [1.165, 1.54) is 30.7 Å². The van der Waals surface area contributed by atoms with E-state index in [9.17, 15) is 8.78 Å². The molecule has 0 aromatic heterocycles. The number of rotatable bonds is 5. The molecule has 5 heteroatoms. The van der Waals surface area contributed by atoms with Crippen LogP contribution in [0.15, 0.2) is 83.9 Å². The number of hydrogen-bond donors (Lipinski definition) is 1. The summed E-state index contributed by atoms with van der Waals surface area (Å²) in [6.07, 6.45) is 5.45. The van der Waals surface area contributed by atoms with Crippen molar-refractivity contribution in [1.82, 2.24) is 4.90 Å². The van der Waals surface area contributed by atoms with Gasteiger partial charge in [0, 0.05) is 35.6 Å². The van der Waals surface area contributed by atoms with E-state index in [1.807, 2.05) is 12.1 Å². The zero-order chi connectivity index (χ0) is 23.2. The molecule has 33 heavy (non-hydrogen) atoms. The summed E-state index contributed by atoms with van der Waals surface area (Å²) in [7, 11) is 0. The van der Waals surface area contributed by atoms with Gasteiger partial charge in [-0.2, -0.15) is 0 Å². The number of likely N-dealkylation sites (tertiary alicyclic amines) is 1. The molecule has 1 aliphatic heterocycles. The zero-order valence-corrected chi connectivity index (χ0v) is 19.1. The number of nitrogens with one attached hydrogen (secondary N) is 1. The van der Waals surface area contributed by atoms with Crippen molar-refractivity contribution in [2.75, 3.05) is 11.9 Å². The van der Waals surface area contributed by atoms with Gasteiger partial charge in [0.2, 0.25) is 0 Å². The summed E-state index contributed by atoms with van der Waals surface area (Å²) in [6.45, 7) is 5.19. The molecule has 1 saturated heterocycles. The van der Waals surface area contributed by atoms with Gasteiger partial charge in [0.1, 0.15) is 17.5 Å². The number of anilines is 1. The van der Waals surface area contributed by atoms with Crippen LogP contribution >= 0.6 is 0 Å². The molecule has 3 nitrogen and oxygen atoms in total. The van der Waals surface area contributed by atoms with Crippen LogP contribution in [0.25, 0.3) is 5.70 Å². The predicted octanol–water partition coefficient (Wildman–Crippen LogP) is 7.33. The molecule has 4 rings (SSSR count). The van der Waals surface area contributed by atoms with Gasteiger partial charge in [-0.1, -0.05) is 24.3 Å². The van der Waals surface area contributed by atoms with Crippen LogP contribution in [0.3, 0.4) is 0 Å². The van der Waals surface area contributed by atoms with Gasteiger partial charge in [-0.25, -0.2) is 13.8 Å². The Hall–Kier alpha value is -3.47. The van der Waals surface area contributed by atoms with E-state index in [-0.39, 0.29) is 11.6 Å². The number of amidine groups is 1. The molecule has 0 bridgehead atoms. The number of benzene rings is 3. The molecule has 1 atom stereocenters. The molecule has 3 aromatic carbocycles. The number of nitrogens with zero attached hydrogens (tertiary/aromatic N) is 2. The standard InChI is InChI=1S/C28H29F2N3/c1-20-7-3-4-9-26(20)27(31-24-14-10-22(29)11-15-24)19-28(33-18-6-5-8-21(33)2)32-25-16-12-23(30)13-17-25/h3-4,7,9-17,19,21,31H,5-6,8,18H2,1-2H3. The third-order valence-electron chi connectivity index (χ3n) is 6.00. The summed E-state index contributed by atoms with van der Waals surface area (Å²) in [5.41, 5.74) is 4.52. The molecule has 1 heterocycles. The molecular weight excluding hydrogens is 416 g/mol. The summed E-state index contributed by atoms with van der Waals surface area (Å²) >= 11 is 0. The lowest BCUT2D eigenvalue weighted by Crippen LogP contribution is -2.41. The Morgan fingerprint density at radius 2 is 1.61 bits per heavy atom. The van der Waals surface area contributed by atoms with Gasteiger partial charge in [-0.3, -0.25) is 0 Å². The van der Waals surface area contributed by atoms with E-state index in [1.54, 1.807) is 24.3 Å². The summed E-state index contributed by atoms with van der Waals surface area (Å²) in [5, 5.41) is 3.47. The maximum Gasteiger partial charge on any atom is 0.131 e. The van der Waals surface area contributed by atoms with Gasteiger partial charge in [0.05, 0.1) is 5.69 Å². The van der Waals surface area contributed by atoms with Crippen LogP contribution in [0.2, 0.25) is 0 Å². The number of piperidine rings is 1. The predicted molar refractivity (Wildman–Crippen MR) is 133 cm³/mol. The summed E-state index contributed by atoms with van der Waals surface area (Å²) in [6, 6.07) is 21.1. The quantitative estimate of drug-likeness (QED) is 0.329. The Morgan fingerprint density at radius 1 is 0.939 bits per heavy atom. The van der Waals surface area contributed by atoms with E-state index >= 15 is 0 Å². The molecule has 1 N–H and O–H groups in total. The van der Waals surface area contributed by atoms with E-state index in [4.69, 9.17) is 4.99 Å². The first-order valence-corrected chi connectivity index (χ1v) is 11.4. The highest BCUT2D eigenvalue weighted by Crippen LogP contribution is 2.26. The van der Waals surface area contributed by atoms with Crippen LogP contribution in [0.4, 0.5) is 20.2 Å². The van der Waals surface area contributed by atoms with Gasteiger partial charge in [0.15, 0.2) is 0 Å². The summed E-state index contributed by atoms with van der Waals surface area (Å²) < 4.78 is 27.0. The molecule has 0 radical (unpaired) electrons. The Kier molecular flexibility index (Phi) is 7.18. The van der Waals surface area contributed by atoms with Crippen molar-refractivity contribution in [2.24, 2.45) is 4.99 Å². The smallest absolute Gasteiger partial charge is 0.131 e. The minimum atomic E-state index is -0.282. The highest BCUT2D eigenvalue weighted by atomic mass is 19.1. The molecular formula is C28H29F2N3. The average molecular weight is 446 g/mol. The fraction of sp³-hybridized carbons (Fsp3) is 0.250. The molecule has 1 aliphatic rings. The van der Waals surface area contributed by atoms with Crippen molar-refractivity contribution in [3.63, 3.8) is 0 Å². The van der Waals surface area contributed by atoms with E-state index in [0.29, 0.717) is 11.7 Å². The molecule has 0 spiro atoms. The van der Waals surface area contributed by atoms with Crippen molar-refractivity contribution < 1.29 is 8.78 Å². The first-order chi connectivity index (χ1) is 16.0. The van der Waals surface area contributed by atoms with E-state index < -0.39 is 0 Å². The van der Waals surface area contributed by atoms with Crippen LogP contribution < -0.4 is 5.32 Å². The highest BCUT2D eigenvalue weighted by molar-refractivity contribution is 6.02. The lowest BCUT2D eigenvalue weighted by molar-refractivity contribution is 0.259. The number of aryl methyl sites for hydroxylation is 1. The molecule has 0 amide bonds. The van der Waals surface area contributed by atoms with Gasteiger partial charge < -0.3 is 10.2 Å². The Bertz CT molecular complexity index is 1130. The van der Waals surface area contributed by atoms with Crippen molar-refractivity contribution in [3.05, 3.63) is 102 Å². The molecule has 0 aliphatic carbocycles. The second kappa shape index (κ2) is 10.4. The normalized spacial score (nSPS) is 17.2. The maximum absolute atomic E-state index is 13.5. The minimum Gasteiger partial charge on any atom is -0.355 e. The second-order valence-electron chi connectivity index (χ2n) is 8.49. The molecule has 3 aromatic rings. The lowest BCUT2D eigenvalue weighted by atomic mass is 10.0. The fourth-order valence-corrected chi connectivity index (χ4v) is 4.14. The van der Waals surface area contributed by atoms with Crippen molar-refractivity contribution >= 4 is 22.9 Å². The van der Waals surface area contributed by atoms with Gasteiger partial charge in [-0.15, -0.1) is 0 Å². The zero-order valence-electron chi connectivity index (χ0n) is 19.1. The first-order valence-electron chi connectivity index (χ1n) is 11.4. The summed E-state index contributed by atoms with van der Waals surface area (Å²) in [4.78, 5) is 7.24. The van der Waals surface area contributed by atoms with Gasteiger partial charge in [-0.05, 0) is 87.2 Å². The van der Waals surface area contributed by atoms with Crippen molar-refractivity contribution in [3.8, 4) is 0 Å². The molecule has 1 fully saturated rings. The van der Waals surface area contributed by atoms with Crippen LogP contribution in [0, 0.1) is 18.6 Å².